The number of piperazine rings is 1. The van der Waals surface area contributed by atoms with Crippen molar-refractivity contribution < 1.29 is 41.3 Å². The molecule has 5 heterocycles. The normalized spacial score (nSPS) is 26.6. The molecule has 1 aromatic carbocycles. The minimum absolute atomic E-state index is 0.0950. The molecule has 2 bridgehead atoms. The second kappa shape index (κ2) is 9.27. The molecule has 5 N–H and O–H groups in total. The first kappa shape index (κ1) is 28.8. The fourth-order valence-corrected chi connectivity index (χ4v) is 7.28. The lowest BCUT2D eigenvalue weighted by Crippen LogP contribution is -2.71. The predicted molar refractivity (Wildman–Crippen MR) is 148 cm³/mol. The number of nitrogens with one attached hydrogen (secondary N) is 2. The SMILES string of the molecule is CNC(=O)[C@]12CC[C@H](N1)[C@H]1C(C)Oc3nc(-c4cc(N)cc(F)c4OC(F)(F)F)c(F)c4c(C5(O)CC5)c(C)nc(c34)N1C2. The Hall–Kier alpha value is -3.98. The Bertz CT molecular complexity index is 1750. The number of aryl methyl sites for hydroxylation is 1. The number of alkyl halides is 3. The zero-order valence-electron chi connectivity index (χ0n) is 23.9. The van der Waals surface area contributed by atoms with E-state index in [-0.39, 0.29) is 57.9 Å². The van der Waals surface area contributed by atoms with Crippen LogP contribution in [0.25, 0.3) is 22.0 Å². The van der Waals surface area contributed by atoms with Crippen molar-refractivity contribution in [3.05, 3.63) is 35.0 Å². The maximum Gasteiger partial charge on any atom is 0.573 e. The van der Waals surface area contributed by atoms with Crippen LogP contribution in [0.1, 0.15) is 43.9 Å². The number of aromatic nitrogens is 2. The molecule has 44 heavy (non-hydrogen) atoms. The first-order valence-corrected chi connectivity index (χ1v) is 14.2. The van der Waals surface area contributed by atoms with Crippen molar-refractivity contribution in [2.45, 2.75) is 75.2 Å². The summed E-state index contributed by atoms with van der Waals surface area (Å²) < 4.78 is 82.4. The molecule has 1 amide bonds. The van der Waals surface area contributed by atoms with Crippen LogP contribution >= 0.6 is 0 Å². The van der Waals surface area contributed by atoms with Crippen molar-refractivity contribution in [1.29, 1.82) is 0 Å². The third-order valence-corrected chi connectivity index (χ3v) is 9.21. The van der Waals surface area contributed by atoms with Gasteiger partial charge in [-0.2, -0.15) is 0 Å². The summed E-state index contributed by atoms with van der Waals surface area (Å²) >= 11 is 0. The van der Waals surface area contributed by atoms with Gasteiger partial charge < -0.3 is 30.5 Å². The highest BCUT2D eigenvalue weighted by atomic mass is 19.4. The second-order valence-electron chi connectivity index (χ2n) is 12.1. The number of amides is 1. The van der Waals surface area contributed by atoms with Crippen LogP contribution in [0.5, 0.6) is 11.6 Å². The number of halogens is 5. The van der Waals surface area contributed by atoms with Crippen LogP contribution < -0.4 is 30.7 Å². The zero-order valence-corrected chi connectivity index (χ0v) is 23.9. The molecule has 1 unspecified atom stereocenters. The molecule has 10 nitrogen and oxygen atoms in total. The summed E-state index contributed by atoms with van der Waals surface area (Å²) in [5, 5.41) is 17.4. The van der Waals surface area contributed by atoms with Gasteiger partial charge in [-0.15, -0.1) is 13.2 Å². The van der Waals surface area contributed by atoms with E-state index in [4.69, 9.17) is 15.5 Å². The van der Waals surface area contributed by atoms with E-state index in [2.05, 4.69) is 20.4 Å². The van der Waals surface area contributed by atoms with Crippen LogP contribution in [0.15, 0.2) is 12.1 Å². The Morgan fingerprint density at radius 2 is 1.95 bits per heavy atom. The Morgan fingerprint density at radius 1 is 1.23 bits per heavy atom. The molecule has 4 aliphatic rings. The largest absolute Gasteiger partial charge is 0.573 e. The second-order valence-corrected chi connectivity index (χ2v) is 12.1. The standard InChI is InChI=1S/C29H29F5N6O4/c1-11-19(28(42)6-7-28)17-18-24(37-11)40-10-27(26(41)36-3)5-4-16(39-27)22(40)12(2)43-25(18)38-21(20(17)31)14-8-13(35)9-15(30)23(14)44-29(32,33)34/h8-9,12,16,22,39,42H,4-7,10,35H2,1-3H3,(H,36,41)/t12?,16-,22+,27+/m0/s1. The number of hydrogen-bond acceptors (Lipinski definition) is 9. The molecule has 15 heteroatoms. The monoisotopic (exact) mass is 620 g/mol. The lowest BCUT2D eigenvalue weighted by Gasteiger charge is -2.47. The number of nitrogens with zero attached hydrogens (tertiary/aromatic N) is 3. The molecule has 1 saturated carbocycles. The predicted octanol–water partition coefficient (Wildman–Crippen LogP) is 3.55. The van der Waals surface area contributed by atoms with E-state index in [1.54, 1.807) is 20.9 Å². The molecule has 2 saturated heterocycles. The minimum atomic E-state index is -5.31. The summed E-state index contributed by atoms with van der Waals surface area (Å²) in [6.45, 7) is 3.54. The van der Waals surface area contributed by atoms with Crippen LogP contribution in [0.3, 0.4) is 0 Å². The molecule has 3 aromatic rings. The number of anilines is 2. The first-order chi connectivity index (χ1) is 20.7. The lowest BCUT2D eigenvalue weighted by molar-refractivity contribution is -0.275. The number of fused-ring (bicyclic) bond motifs is 5. The van der Waals surface area contributed by atoms with E-state index in [1.807, 2.05) is 4.90 Å². The maximum atomic E-state index is 17.0. The number of carbonyl (C=O) groups excluding carboxylic acids is 1. The zero-order chi connectivity index (χ0) is 31.5. The molecule has 2 aromatic heterocycles. The van der Waals surface area contributed by atoms with E-state index in [0.29, 0.717) is 31.7 Å². The summed E-state index contributed by atoms with van der Waals surface area (Å²) in [6, 6.07) is 0.946. The Balaban J connectivity index is 1.54. The van der Waals surface area contributed by atoms with Gasteiger partial charge in [0.2, 0.25) is 11.8 Å². The third kappa shape index (κ3) is 4.15. The van der Waals surface area contributed by atoms with Gasteiger partial charge in [0.1, 0.15) is 23.2 Å². The number of likely N-dealkylation sites (N-methyl/N-ethyl adjacent to an activating group) is 1. The van der Waals surface area contributed by atoms with Gasteiger partial charge in [0.05, 0.1) is 22.6 Å². The molecule has 3 aliphatic heterocycles. The van der Waals surface area contributed by atoms with Gasteiger partial charge in [0.15, 0.2) is 17.4 Å². The van der Waals surface area contributed by atoms with Crippen molar-refractivity contribution in [3.8, 4) is 22.9 Å². The summed E-state index contributed by atoms with van der Waals surface area (Å²) in [4.78, 5) is 24.2. The summed E-state index contributed by atoms with van der Waals surface area (Å²) in [7, 11) is 1.55. The molecule has 1 aliphatic carbocycles. The van der Waals surface area contributed by atoms with Gasteiger partial charge in [-0.05, 0) is 45.6 Å². The molecule has 3 fully saturated rings. The van der Waals surface area contributed by atoms with E-state index >= 15 is 4.39 Å². The van der Waals surface area contributed by atoms with Crippen LogP contribution in [-0.2, 0) is 10.4 Å². The summed E-state index contributed by atoms with van der Waals surface area (Å²) in [6.07, 6.45) is -4.19. The number of nitrogen functional groups attached to an aromatic ring is 1. The number of ether oxygens (including phenoxy) is 2. The average molecular weight is 621 g/mol. The van der Waals surface area contributed by atoms with Crippen molar-refractivity contribution in [3.63, 3.8) is 0 Å². The van der Waals surface area contributed by atoms with Crippen molar-refractivity contribution in [1.82, 2.24) is 20.6 Å². The van der Waals surface area contributed by atoms with Gasteiger partial charge >= 0.3 is 6.36 Å². The Morgan fingerprint density at radius 3 is 2.61 bits per heavy atom. The van der Waals surface area contributed by atoms with E-state index in [9.17, 15) is 27.5 Å². The number of hydrogen-bond donors (Lipinski definition) is 4. The molecule has 0 spiro atoms. The number of carbonyl (C=O) groups is 1. The van der Waals surface area contributed by atoms with Gasteiger partial charge in [0.25, 0.3) is 0 Å². The van der Waals surface area contributed by atoms with Gasteiger partial charge in [-0.3, -0.25) is 10.1 Å². The molecular formula is C29H29F5N6O4. The van der Waals surface area contributed by atoms with Crippen LogP contribution in [0.4, 0.5) is 33.5 Å². The number of pyridine rings is 2. The number of aliphatic hydroxyl groups is 1. The quantitative estimate of drug-likeness (QED) is 0.255. The molecular weight excluding hydrogens is 591 g/mol. The van der Waals surface area contributed by atoms with Crippen molar-refractivity contribution in [2.75, 3.05) is 24.2 Å². The molecule has 0 radical (unpaired) electrons. The van der Waals surface area contributed by atoms with Crippen molar-refractivity contribution in [2.24, 2.45) is 0 Å². The number of benzene rings is 1. The van der Waals surface area contributed by atoms with E-state index in [0.717, 1.165) is 6.07 Å². The lowest BCUT2D eigenvalue weighted by atomic mass is 9.92. The third-order valence-electron chi connectivity index (χ3n) is 9.21. The maximum absolute atomic E-state index is 17.0. The molecule has 7 rings (SSSR count). The first-order valence-electron chi connectivity index (χ1n) is 14.2. The molecule has 234 valence electrons. The van der Waals surface area contributed by atoms with Gasteiger partial charge in [0, 0.05) is 48.0 Å². The summed E-state index contributed by atoms with van der Waals surface area (Å²) in [5.41, 5.74) is 2.12. The minimum Gasteiger partial charge on any atom is -0.472 e. The highest BCUT2D eigenvalue weighted by molar-refractivity contribution is 6.03. The Kier molecular flexibility index (Phi) is 6.06. The number of rotatable bonds is 4. The summed E-state index contributed by atoms with van der Waals surface area (Å²) in [5.74, 6) is -4.02. The smallest absolute Gasteiger partial charge is 0.472 e. The fraction of sp³-hybridized carbons (Fsp3) is 0.483. The van der Waals surface area contributed by atoms with Crippen molar-refractivity contribution >= 4 is 28.2 Å². The van der Waals surface area contributed by atoms with Gasteiger partial charge in [-0.1, -0.05) is 0 Å². The van der Waals surface area contributed by atoms with Crippen LogP contribution in [0, 0.1) is 18.6 Å². The van der Waals surface area contributed by atoms with E-state index < -0.39 is 58.3 Å². The van der Waals surface area contributed by atoms with Crippen LogP contribution in [-0.4, -0.2) is 64.7 Å². The van der Waals surface area contributed by atoms with Gasteiger partial charge in [-0.25, -0.2) is 18.7 Å². The number of nitrogens with two attached hydrogens (primary N) is 1. The molecule has 4 atom stereocenters. The topological polar surface area (TPSA) is 135 Å². The Labute approximate surface area is 247 Å². The average Bonchev–Trinajstić information content (AvgIpc) is 3.62. The highest BCUT2D eigenvalue weighted by Crippen LogP contribution is 2.54. The van der Waals surface area contributed by atoms with Crippen LogP contribution in [0.2, 0.25) is 0 Å². The highest BCUT2D eigenvalue weighted by Gasteiger charge is 2.57. The fourth-order valence-electron chi connectivity index (χ4n) is 7.28. The van der Waals surface area contributed by atoms with E-state index in [1.165, 1.54) is 0 Å².